The Balaban J connectivity index is 2.22. The quantitative estimate of drug-likeness (QED) is 0.776. The Morgan fingerprint density at radius 3 is 2.60 bits per heavy atom. The molecular weight excluding hydrogens is 360 g/mol. The van der Waals surface area contributed by atoms with Gasteiger partial charge in [-0.2, -0.15) is 0 Å². The number of aryl methyl sites for hydroxylation is 1. The number of sulfonamides is 1. The molecule has 6 nitrogen and oxygen atoms in total. The minimum Gasteiger partial charge on any atom is -0.465 e. The van der Waals surface area contributed by atoms with Crippen LogP contribution in [0.3, 0.4) is 0 Å². The zero-order valence-corrected chi connectivity index (χ0v) is 16.3. The number of carbonyl (C=O) groups excluding carboxylic acids is 1. The smallest absolute Gasteiger partial charge is 0.350 e. The van der Waals surface area contributed by atoms with E-state index < -0.39 is 16.0 Å². The second-order valence-corrected chi connectivity index (χ2v) is 9.48. The predicted octanol–water partition coefficient (Wildman–Crippen LogP) is 3.21. The van der Waals surface area contributed by atoms with Crippen LogP contribution in [0.5, 0.6) is 0 Å². The molecule has 2 rings (SSSR count). The van der Waals surface area contributed by atoms with Gasteiger partial charge in [0.1, 0.15) is 4.88 Å². The van der Waals surface area contributed by atoms with Crippen molar-refractivity contribution in [1.82, 2.24) is 4.98 Å². The van der Waals surface area contributed by atoms with Crippen LogP contribution in [0.25, 0.3) is 0 Å². The van der Waals surface area contributed by atoms with Crippen LogP contribution in [-0.4, -0.2) is 32.2 Å². The highest BCUT2D eigenvalue weighted by Crippen LogP contribution is 2.36. The van der Waals surface area contributed by atoms with Crippen molar-refractivity contribution in [2.75, 3.05) is 17.6 Å². The lowest BCUT2D eigenvalue weighted by molar-refractivity contribution is 0.0607. The number of ether oxygens (including phenoxy) is 1. The fourth-order valence-electron chi connectivity index (χ4n) is 2.08. The number of hydrogen-bond acceptors (Lipinski definition) is 6. The topological polar surface area (TPSA) is 85.4 Å². The van der Waals surface area contributed by atoms with E-state index in [2.05, 4.69) is 9.71 Å². The van der Waals surface area contributed by atoms with E-state index >= 15 is 0 Å². The lowest BCUT2D eigenvalue weighted by Crippen LogP contribution is -2.19. The number of rotatable bonds is 6. The molecule has 2 heterocycles. The minimum absolute atomic E-state index is 0.120. The molecule has 0 amide bonds. The SMILES string of the molecule is COC(=O)c1sc(C(C)(C)C)cc1NS(=O)(=O)CCc1ccccn1. The van der Waals surface area contributed by atoms with Gasteiger partial charge in [-0.3, -0.25) is 9.71 Å². The van der Waals surface area contributed by atoms with E-state index in [-0.39, 0.29) is 21.7 Å². The van der Waals surface area contributed by atoms with E-state index in [0.29, 0.717) is 12.1 Å². The maximum absolute atomic E-state index is 12.4. The molecule has 0 spiro atoms. The van der Waals surface area contributed by atoms with Crippen molar-refractivity contribution in [3.8, 4) is 0 Å². The van der Waals surface area contributed by atoms with Gasteiger partial charge in [0.15, 0.2) is 0 Å². The van der Waals surface area contributed by atoms with Crippen molar-refractivity contribution in [2.24, 2.45) is 0 Å². The summed E-state index contributed by atoms with van der Waals surface area (Å²) in [5.41, 5.74) is 0.759. The standard InChI is InChI=1S/C17H22N2O4S2/c1-17(2,3)14-11-13(15(24-14)16(20)23-4)19-25(21,22)10-8-12-7-5-6-9-18-12/h5-7,9,11,19H,8,10H2,1-4H3. The van der Waals surface area contributed by atoms with E-state index in [1.165, 1.54) is 18.4 Å². The third-order valence-electron chi connectivity index (χ3n) is 3.46. The van der Waals surface area contributed by atoms with Crippen molar-refractivity contribution in [3.63, 3.8) is 0 Å². The molecule has 2 aromatic rings. The average molecular weight is 383 g/mol. The minimum atomic E-state index is -3.62. The lowest BCUT2D eigenvalue weighted by atomic mass is 9.95. The number of nitrogens with zero attached hydrogens (tertiary/aromatic N) is 1. The first-order valence-corrected chi connectivity index (χ1v) is 10.2. The van der Waals surface area contributed by atoms with Gasteiger partial charge in [0.2, 0.25) is 10.0 Å². The second kappa shape index (κ2) is 7.53. The summed E-state index contributed by atoms with van der Waals surface area (Å²) in [5.74, 6) is -0.673. The van der Waals surface area contributed by atoms with Crippen molar-refractivity contribution in [3.05, 3.63) is 45.9 Å². The molecule has 8 heteroatoms. The molecule has 0 aliphatic rings. The number of anilines is 1. The fourth-order valence-corrected chi connectivity index (χ4v) is 4.31. The summed E-state index contributed by atoms with van der Waals surface area (Å²) in [6.07, 6.45) is 1.92. The molecule has 0 aliphatic heterocycles. The Labute approximate surface area is 152 Å². The molecule has 0 aliphatic carbocycles. The first kappa shape index (κ1) is 19.4. The zero-order chi connectivity index (χ0) is 18.7. The highest BCUT2D eigenvalue weighted by Gasteiger charge is 2.25. The van der Waals surface area contributed by atoms with Crippen molar-refractivity contribution >= 4 is 33.0 Å². The molecule has 0 bridgehead atoms. The van der Waals surface area contributed by atoms with E-state index in [1.54, 1.807) is 24.4 Å². The summed E-state index contributed by atoms with van der Waals surface area (Å²) in [6.45, 7) is 6.00. The summed E-state index contributed by atoms with van der Waals surface area (Å²) >= 11 is 1.24. The van der Waals surface area contributed by atoms with Gasteiger partial charge in [0, 0.05) is 23.2 Å². The maximum atomic E-state index is 12.4. The third kappa shape index (κ3) is 5.27. The number of thiophene rings is 1. The molecule has 0 atom stereocenters. The molecule has 0 radical (unpaired) electrons. The van der Waals surface area contributed by atoms with Crippen LogP contribution in [0.15, 0.2) is 30.5 Å². The van der Waals surface area contributed by atoms with Gasteiger partial charge in [-0.15, -0.1) is 11.3 Å². The van der Waals surface area contributed by atoms with E-state index in [0.717, 1.165) is 4.88 Å². The number of pyridine rings is 1. The van der Waals surface area contributed by atoms with Gasteiger partial charge in [-0.1, -0.05) is 26.8 Å². The van der Waals surface area contributed by atoms with Gasteiger partial charge in [-0.25, -0.2) is 13.2 Å². The molecule has 136 valence electrons. The number of nitrogens with one attached hydrogen (secondary N) is 1. The van der Waals surface area contributed by atoms with Gasteiger partial charge >= 0.3 is 5.97 Å². The van der Waals surface area contributed by atoms with E-state index in [4.69, 9.17) is 4.74 Å². The van der Waals surface area contributed by atoms with Crippen LogP contribution < -0.4 is 4.72 Å². The first-order valence-electron chi connectivity index (χ1n) is 7.75. The van der Waals surface area contributed by atoms with E-state index in [1.807, 2.05) is 26.8 Å². The Morgan fingerprint density at radius 1 is 1.32 bits per heavy atom. The van der Waals surface area contributed by atoms with Crippen LogP contribution in [-0.2, 0) is 26.6 Å². The van der Waals surface area contributed by atoms with Crippen LogP contribution in [0.4, 0.5) is 5.69 Å². The molecule has 0 saturated carbocycles. The Hall–Kier alpha value is -1.93. The highest BCUT2D eigenvalue weighted by atomic mass is 32.2. The van der Waals surface area contributed by atoms with Crippen molar-refractivity contribution in [1.29, 1.82) is 0 Å². The maximum Gasteiger partial charge on any atom is 0.350 e. The van der Waals surface area contributed by atoms with Crippen LogP contribution in [0.1, 0.15) is 41.0 Å². The summed E-state index contributed by atoms with van der Waals surface area (Å²) < 4.78 is 32.1. The second-order valence-electron chi connectivity index (χ2n) is 6.59. The predicted molar refractivity (Wildman–Crippen MR) is 99.7 cm³/mol. The zero-order valence-electron chi connectivity index (χ0n) is 14.7. The molecular formula is C17H22N2O4S2. The number of aromatic nitrogens is 1. The normalized spacial score (nSPS) is 12.0. The van der Waals surface area contributed by atoms with Crippen LogP contribution >= 0.6 is 11.3 Å². The van der Waals surface area contributed by atoms with Gasteiger partial charge in [0.25, 0.3) is 0 Å². The summed E-state index contributed by atoms with van der Waals surface area (Å²) in [5, 5.41) is 0. The number of carbonyl (C=O) groups is 1. The van der Waals surface area contributed by atoms with E-state index in [9.17, 15) is 13.2 Å². The summed E-state index contributed by atoms with van der Waals surface area (Å²) in [4.78, 5) is 17.3. The van der Waals surface area contributed by atoms with Gasteiger partial charge < -0.3 is 4.74 Å². The Morgan fingerprint density at radius 2 is 2.04 bits per heavy atom. The van der Waals surface area contributed by atoms with Crippen LogP contribution in [0.2, 0.25) is 0 Å². The molecule has 0 unspecified atom stereocenters. The monoisotopic (exact) mass is 382 g/mol. The molecule has 0 aromatic carbocycles. The number of methoxy groups -OCH3 is 1. The first-order chi connectivity index (χ1) is 11.6. The number of hydrogen-bond donors (Lipinski definition) is 1. The average Bonchev–Trinajstić information content (AvgIpc) is 2.96. The highest BCUT2D eigenvalue weighted by molar-refractivity contribution is 7.92. The third-order valence-corrected chi connectivity index (χ3v) is 6.27. The molecule has 1 N–H and O–H groups in total. The molecule has 0 fully saturated rings. The van der Waals surface area contributed by atoms with Gasteiger partial charge in [0.05, 0.1) is 18.6 Å². The Bertz CT molecular complexity index is 837. The van der Waals surface area contributed by atoms with Crippen molar-refractivity contribution in [2.45, 2.75) is 32.6 Å². The number of esters is 1. The molecule has 25 heavy (non-hydrogen) atoms. The fraction of sp³-hybridized carbons (Fsp3) is 0.412. The largest absolute Gasteiger partial charge is 0.465 e. The van der Waals surface area contributed by atoms with Crippen molar-refractivity contribution < 1.29 is 17.9 Å². The van der Waals surface area contributed by atoms with Crippen LogP contribution in [0, 0.1) is 0 Å². The molecule has 2 aromatic heterocycles. The summed E-state index contributed by atoms with van der Waals surface area (Å²) in [6, 6.07) is 7.07. The Kier molecular flexibility index (Phi) is 5.84. The molecule has 0 saturated heterocycles. The van der Waals surface area contributed by atoms with Gasteiger partial charge in [-0.05, 0) is 23.6 Å². The lowest BCUT2D eigenvalue weighted by Gasteiger charge is -2.15. The summed E-state index contributed by atoms with van der Waals surface area (Å²) in [7, 11) is -2.34.